The van der Waals surface area contributed by atoms with E-state index in [4.69, 9.17) is 4.74 Å². The van der Waals surface area contributed by atoms with Crippen molar-refractivity contribution in [2.45, 2.75) is 6.61 Å². The molecule has 0 heterocycles. The van der Waals surface area contributed by atoms with Gasteiger partial charge in [0.05, 0.1) is 18.9 Å². The molecule has 0 saturated carbocycles. The van der Waals surface area contributed by atoms with Crippen molar-refractivity contribution >= 4 is 29.7 Å². The van der Waals surface area contributed by atoms with Gasteiger partial charge in [-0.2, -0.15) is 5.10 Å². The smallest absolute Gasteiger partial charge is 0.337 e. The molecule has 0 aromatic heterocycles. The van der Waals surface area contributed by atoms with Gasteiger partial charge in [-0.15, -0.1) is 0 Å². The molecule has 32 heavy (non-hydrogen) atoms. The molecule has 162 valence electrons. The summed E-state index contributed by atoms with van der Waals surface area (Å²) in [6.07, 6.45) is 1.41. The molecule has 0 unspecified atom stereocenters. The molecule has 8 nitrogen and oxygen atoms in total. The molecule has 3 rings (SSSR count). The average molecular weight is 431 g/mol. The zero-order valence-electron chi connectivity index (χ0n) is 17.3. The molecular weight excluding hydrogens is 410 g/mol. The minimum Gasteiger partial charge on any atom is -0.489 e. The zero-order valence-corrected chi connectivity index (χ0v) is 17.3. The number of hydrogen-bond donors (Lipinski definition) is 2. The number of esters is 1. The summed E-state index contributed by atoms with van der Waals surface area (Å²) in [5.41, 5.74) is 4.64. The van der Waals surface area contributed by atoms with Gasteiger partial charge >= 0.3 is 17.8 Å². The first-order valence-corrected chi connectivity index (χ1v) is 9.64. The van der Waals surface area contributed by atoms with Crippen molar-refractivity contribution in [3.8, 4) is 5.75 Å². The predicted octanol–water partition coefficient (Wildman–Crippen LogP) is 3.14. The molecule has 0 radical (unpaired) electrons. The molecule has 0 bridgehead atoms. The molecule has 8 heteroatoms. The molecule has 0 aliphatic rings. The van der Waals surface area contributed by atoms with Crippen LogP contribution >= 0.6 is 0 Å². The van der Waals surface area contributed by atoms with Crippen molar-refractivity contribution in [1.29, 1.82) is 0 Å². The molecule has 3 aromatic carbocycles. The number of anilines is 1. The second-order valence-corrected chi connectivity index (χ2v) is 6.57. The van der Waals surface area contributed by atoms with E-state index in [2.05, 4.69) is 20.6 Å². The Balaban J connectivity index is 1.45. The van der Waals surface area contributed by atoms with Gasteiger partial charge in [0.25, 0.3) is 0 Å². The lowest BCUT2D eigenvalue weighted by atomic mass is 10.2. The maximum absolute atomic E-state index is 12.0. The Hall–Kier alpha value is -4.46. The van der Waals surface area contributed by atoms with Crippen molar-refractivity contribution in [2.24, 2.45) is 5.10 Å². The van der Waals surface area contributed by atoms with Crippen LogP contribution in [-0.4, -0.2) is 31.1 Å². The third kappa shape index (κ3) is 6.53. The van der Waals surface area contributed by atoms with E-state index in [0.29, 0.717) is 23.6 Å². The van der Waals surface area contributed by atoms with Crippen molar-refractivity contribution in [3.63, 3.8) is 0 Å². The fourth-order valence-electron chi connectivity index (χ4n) is 2.60. The van der Waals surface area contributed by atoms with Crippen molar-refractivity contribution in [2.75, 3.05) is 12.4 Å². The predicted molar refractivity (Wildman–Crippen MR) is 119 cm³/mol. The summed E-state index contributed by atoms with van der Waals surface area (Å²) in [7, 11) is 1.27. The minimum absolute atomic E-state index is 0.330. The lowest BCUT2D eigenvalue weighted by Crippen LogP contribution is -2.32. The number of hydrazone groups is 1. The Morgan fingerprint density at radius 1 is 0.875 bits per heavy atom. The number of nitrogens with zero attached hydrogens (tertiary/aromatic N) is 1. The van der Waals surface area contributed by atoms with Crippen LogP contribution in [0.2, 0.25) is 0 Å². The fourth-order valence-corrected chi connectivity index (χ4v) is 2.60. The lowest BCUT2D eigenvalue weighted by molar-refractivity contribution is -0.136. The topological polar surface area (TPSA) is 106 Å². The van der Waals surface area contributed by atoms with Gasteiger partial charge in [0.1, 0.15) is 12.4 Å². The number of benzene rings is 3. The van der Waals surface area contributed by atoms with Crippen LogP contribution in [0.5, 0.6) is 5.75 Å². The summed E-state index contributed by atoms with van der Waals surface area (Å²) >= 11 is 0. The van der Waals surface area contributed by atoms with Crippen LogP contribution in [0.1, 0.15) is 21.5 Å². The quantitative estimate of drug-likeness (QED) is 0.259. The molecule has 0 atom stereocenters. The first-order chi connectivity index (χ1) is 15.5. The third-order valence-corrected chi connectivity index (χ3v) is 4.28. The molecule has 0 aliphatic heterocycles. The number of carbonyl (C=O) groups excluding carboxylic acids is 3. The van der Waals surface area contributed by atoms with Gasteiger partial charge in [0, 0.05) is 5.69 Å². The normalized spacial score (nSPS) is 10.4. The molecular formula is C24H21N3O5. The molecule has 0 spiro atoms. The van der Waals surface area contributed by atoms with Gasteiger partial charge in [-0.25, -0.2) is 10.2 Å². The number of amides is 2. The largest absolute Gasteiger partial charge is 0.489 e. The van der Waals surface area contributed by atoms with E-state index in [0.717, 1.165) is 11.1 Å². The second kappa shape index (κ2) is 11.1. The highest BCUT2D eigenvalue weighted by atomic mass is 16.5. The average Bonchev–Trinajstić information content (AvgIpc) is 2.84. The van der Waals surface area contributed by atoms with Crippen LogP contribution in [0.3, 0.4) is 0 Å². The summed E-state index contributed by atoms with van der Waals surface area (Å²) in [6, 6.07) is 22.9. The fraction of sp³-hybridized carbons (Fsp3) is 0.0833. The summed E-state index contributed by atoms with van der Waals surface area (Å²) in [4.78, 5) is 35.3. The van der Waals surface area contributed by atoms with Crippen LogP contribution in [-0.2, 0) is 20.9 Å². The first-order valence-electron chi connectivity index (χ1n) is 9.64. The number of nitrogens with one attached hydrogen (secondary N) is 2. The Labute approximate surface area is 184 Å². The van der Waals surface area contributed by atoms with Crippen molar-refractivity contribution in [1.82, 2.24) is 5.43 Å². The zero-order chi connectivity index (χ0) is 22.8. The van der Waals surface area contributed by atoms with Gasteiger partial charge < -0.3 is 14.8 Å². The molecule has 0 fully saturated rings. The van der Waals surface area contributed by atoms with Crippen LogP contribution in [0, 0.1) is 0 Å². The van der Waals surface area contributed by atoms with Crippen molar-refractivity contribution < 1.29 is 23.9 Å². The highest BCUT2D eigenvalue weighted by Gasteiger charge is 2.13. The summed E-state index contributed by atoms with van der Waals surface area (Å²) in [5.74, 6) is -1.61. The van der Waals surface area contributed by atoms with Gasteiger partial charge in [-0.1, -0.05) is 30.3 Å². The van der Waals surface area contributed by atoms with Crippen LogP contribution in [0.15, 0.2) is 84.0 Å². The van der Waals surface area contributed by atoms with Gasteiger partial charge in [0.2, 0.25) is 0 Å². The highest BCUT2D eigenvalue weighted by molar-refractivity contribution is 6.39. The van der Waals surface area contributed by atoms with Crippen LogP contribution in [0.4, 0.5) is 5.69 Å². The number of ether oxygens (including phenoxy) is 2. The minimum atomic E-state index is -0.930. The van der Waals surface area contributed by atoms with Gasteiger partial charge in [-0.3, -0.25) is 9.59 Å². The Morgan fingerprint density at radius 2 is 1.56 bits per heavy atom. The summed E-state index contributed by atoms with van der Waals surface area (Å²) < 4.78 is 10.3. The molecule has 0 aliphatic carbocycles. The van der Waals surface area contributed by atoms with E-state index in [-0.39, 0.29) is 0 Å². The number of hydrogen-bond acceptors (Lipinski definition) is 6. The SMILES string of the molecule is COC(=O)c1ccc(NC(=O)C(=O)N/N=C\c2ccc(OCc3ccccc3)cc2)cc1. The van der Waals surface area contributed by atoms with Crippen molar-refractivity contribution in [3.05, 3.63) is 95.6 Å². The van der Waals surface area contributed by atoms with E-state index in [1.807, 2.05) is 30.3 Å². The summed E-state index contributed by atoms with van der Waals surface area (Å²) in [6.45, 7) is 0.463. The molecule has 2 N–H and O–H groups in total. The molecule has 0 saturated heterocycles. The highest BCUT2D eigenvalue weighted by Crippen LogP contribution is 2.13. The lowest BCUT2D eigenvalue weighted by Gasteiger charge is -2.06. The van der Waals surface area contributed by atoms with E-state index in [9.17, 15) is 14.4 Å². The first kappa shape index (κ1) is 22.2. The van der Waals surface area contributed by atoms with E-state index >= 15 is 0 Å². The number of rotatable bonds is 7. The Morgan fingerprint density at radius 3 is 2.22 bits per heavy atom. The molecule has 3 aromatic rings. The molecule has 2 amide bonds. The van der Waals surface area contributed by atoms with E-state index < -0.39 is 17.8 Å². The number of carbonyl (C=O) groups is 3. The maximum Gasteiger partial charge on any atom is 0.337 e. The standard InChI is InChI=1S/C24H21N3O5/c1-31-24(30)19-9-11-20(12-10-19)26-22(28)23(29)27-25-15-17-7-13-21(14-8-17)32-16-18-5-3-2-4-6-18/h2-15H,16H2,1H3,(H,26,28)(H,27,29)/b25-15-. The summed E-state index contributed by atoms with van der Waals surface area (Å²) in [5, 5.41) is 6.20. The van der Waals surface area contributed by atoms with E-state index in [1.165, 1.54) is 37.6 Å². The van der Waals surface area contributed by atoms with Gasteiger partial charge in [0.15, 0.2) is 0 Å². The van der Waals surface area contributed by atoms with Crippen LogP contribution < -0.4 is 15.5 Å². The second-order valence-electron chi connectivity index (χ2n) is 6.57. The van der Waals surface area contributed by atoms with Gasteiger partial charge in [-0.05, 0) is 59.7 Å². The monoisotopic (exact) mass is 431 g/mol. The van der Waals surface area contributed by atoms with E-state index in [1.54, 1.807) is 24.3 Å². The maximum atomic E-state index is 12.0. The Kier molecular flexibility index (Phi) is 7.69. The van der Waals surface area contributed by atoms with Crippen LogP contribution in [0.25, 0.3) is 0 Å². The third-order valence-electron chi connectivity index (χ3n) is 4.28. The Bertz CT molecular complexity index is 1090. The number of methoxy groups -OCH3 is 1.